The number of benzene rings is 2. The lowest BCUT2D eigenvalue weighted by Gasteiger charge is -2.08. The van der Waals surface area contributed by atoms with Crippen molar-refractivity contribution < 1.29 is 23.5 Å². The minimum atomic E-state index is -1.10. The smallest absolute Gasteiger partial charge is 0.250 e. The van der Waals surface area contributed by atoms with Crippen LogP contribution in [0, 0.1) is 11.6 Å². The number of para-hydroxylation sites is 1. The van der Waals surface area contributed by atoms with Crippen molar-refractivity contribution >= 4 is 22.7 Å². The van der Waals surface area contributed by atoms with E-state index in [0.29, 0.717) is 16.5 Å². The van der Waals surface area contributed by atoms with Crippen molar-refractivity contribution in [2.45, 2.75) is 13.1 Å². The van der Waals surface area contributed by atoms with E-state index in [-0.39, 0.29) is 18.7 Å². The number of aromatic hydroxyl groups is 1. The normalized spacial score (nSPS) is 10.8. The molecule has 0 aliphatic rings. The Labute approximate surface area is 146 Å². The monoisotopic (exact) mass is 359 g/mol. The van der Waals surface area contributed by atoms with Crippen molar-refractivity contribution in [1.29, 1.82) is 0 Å². The Morgan fingerprint density at radius 3 is 2.46 bits per heavy atom. The van der Waals surface area contributed by atoms with Gasteiger partial charge < -0.3 is 20.7 Å². The topological polar surface area (TPSA) is 97.4 Å². The molecule has 4 N–H and O–H groups in total. The van der Waals surface area contributed by atoms with Crippen molar-refractivity contribution in [2.75, 3.05) is 0 Å². The number of phenols is 1. The van der Waals surface area contributed by atoms with Crippen LogP contribution in [0.25, 0.3) is 10.9 Å². The van der Waals surface area contributed by atoms with E-state index in [0.717, 1.165) is 12.1 Å². The number of aromatic nitrogens is 1. The van der Waals surface area contributed by atoms with Crippen molar-refractivity contribution in [3.8, 4) is 5.75 Å². The summed E-state index contributed by atoms with van der Waals surface area (Å²) in [5.74, 6) is -4.28. The highest BCUT2D eigenvalue weighted by Gasteiger charge is 2.14. The Bertz CT molecular complexity index is 991. The third-order valence-electron chi connectivity index (χ3n) is 3.93. The zero-order valence-corrected chi connectivity index (χ0v) is 13.5. The first-order valence-electron chi connectivity index (χ1n) is 7.68. The lowest BCUT2D eigenvalue weighted by atomic mass is 10.2. The quantitative estimate of drug-likeness (QED) is 0.650. The standard InChI is InChI=1S/C18H15F2N3O3/c19-13-5-10(6-14(20)17(13)25)7-22-16(24)9-23-8-12(18(21)26)11-3-1-2-4-15(11)23/h1-6,8,25H,7,9H2,(H2,21,26)(H,22,24). The summed E-state index contributed by atoms with van der Waals surface area (Å²) in [4.78, 5) is 23.7. The van der Waals surface area contributed by atoms with Gasteiger partial charge in [0, 0.05) is 23.6 Å². The number of amides is 2. The van der Waals surface area contributed by atoms with Gasteiger partial charge in [0.05, 0.1) is 5.56 Å². The van der Waals surface area contributed by atoms with Crippen molar-refractivity contribution in [3.63, 3.8) is 0 Å². The summed E-state index contributed by atoms with van der Waals surface area (Å²) in [6.45, 7) is -0.217. The van der Waals surface area contributed by atoms with E-state index in [4.69, 9.17) is 10.8 Å². The van der Waals surface area contributed by atoms with Gasteiger partial charge in [-0.15, -0.1) is 0 Å². The molecule has 0 bridgehead atoms. The SMILES string of the molecule is NC(=O)c1cn(CC(=O)NCc2cc(F)c(O)c(F)c2)c2ccccc12. The second-order valence-electron chi connectivity index (χ2n) is 5.74. The highest BCUT2D eigenvalue weighted by molar-refractivity contribution is 6.06. The van der Waals surface area contributed by atoms with Gasteiger partial charge >= 0.3 is 0 Å². The highest BCUT2D eigenvalue weighted by atomic mass is 19.1. The van der Waals surface area contributed by atoms with Crippen LogP contribution in [-0.4, -0.2) is 21.5 Å². The van der Waals surface area contributed by atoms with Gasteiger partial charge in [-0.2, -0.15) is 0 Å². The van der Waals surface area contributed by atoms with E-state index >= 15 is 0 Å². The molecule has 0 atom stereocenters. The van der Waals surface area contributed by atoms with Gasteiger partial charge in [0.2, 0.25) is 5.91 Å². The van der Waals surface area contributed by atoms with Crippen molar-refractivity contribution in [1.82, 2.24) is 9.88 Å². The maximum absolute atomic E-state index is 13.3. The number of carbonyl (C=O) groups excluding carboxylic acids is 2. The number of halogens is 2. The Balaban J connectivity index is 1.75. The second-order valence-corrected chi connectivity index (χ2v) is 5.74. The number of fused-ring (bicyclic) bond motifs is 1. The number of carbonyl (C=O) groups is 2. The molecule has 8 heteroatoms. The lowest BCUT2D eigenvalue weighted by Crippen LogP contribution is -2.27. The average Bonchev–Trinajstić information content (AvgIpc) is 2.97. The maximum atomic E-state index is 13.3. The molecular formula is C18H15F2N3O3. The summed E-state index contributed by atoms with van der Waals surface area (Å²) in [5, 5.41) is 12.2. The Morgan fingerprint density at radius 2 is 1.81 bits per heavy atom. The van der Waals surface area contributed by atoms with Gasteiger partial charge in [-0.3, -0.25) is 9.59 Å². The van der Waals surface area contributed by atoms with E-state index in [1.165, 1.54) is 6.20 Å². The van der Waals surface area contributed by atoms with E-state index in [1.807, 2.05) is 0 Å². The Kier molecular flexibility index (Phi) is 4.57. The summed E-state index contributed by atoms with van der Waals surface area (Å²) in [6.07, 6.45) is 1.49. The van der Waals surface area contributed by atoms with Gasteiger partial charge in [-0.1, -0.05) is 18.2 Å². The Morgan fingerprint density at radius 1 is 1.15 bits per heavy atom. The van der Waals surface area contributed by atoms with Crippen molar-refractivity contribution in [2.24, 2.45) is 5.73 Å². The van der Waals surface area contributed by atoms with E-state index < -0.39 is 29.2 Å². The molecule has 0 aliphatic carbocycles. The zero-order valence-electron chi connectivity index (χ0n) is 13.5. The third kappa shape index (κ3) is 3.34. The molecule has 0 aliphatic heterocycles. The van der Waals surface area contributed by atoms with E-state index in [9.17, 15) is 18.4 Å². The number of phenolic OH excluding ortho intramolecular Hbond substituents is 1. The number of rotatable bonds is 5. The fourth-order valence-electron chi connectivity index (χ4n) is 2.71. The van der Waals surface area contributed by atoms with E-state index in [2.05, 4.69) is 5.32 Å². The summed E-state index contributed by atoms with van der Waals surface area (Å²) in [7, 11) is 0. The molecule has 0 fully saturated rings. The molecule has 2 aromatic carbocycles. The molecule has 26 heavy (non-hydrogen) atoms. The molecule has 0 spiro atoms. The summed E-state index contributed by atoms with van der Waals surface area (Å²) >= 11 is 0. The molecule has 0 saturated carbocycles. The van der Waals surface area contributed by atoms with Crippen LogP contribution >= 0.6 is 0 Å². The fourth-order valence-corrected chi connectivity index (χ4v) is 2.71. The molecule has 3 rings (SSSR count). The lowest BCUT2D eigenvalue weighted by molar-refractivity contribution is -0.121. The fraction of sp³-hybridized carbons (Fsp3) is 0.111. The summed E-state index contributed by atoms with van der Waals surface area (Å²) in [6, 6.07) is 8.88. The summed E-state index contributed by atoms with van der Waals surface area (Å²) < 4.78 is 28.2. The first-order valence-corrected chi connectivity index (χ1v) is 7.68. The number of hydrogen-bond acceptors (Lipinski definition) is 3. The third-order valence-corrected chi connectivity index (χ3v) is 3.93. The summed E-state index contributed by atoms with van der Waals surface area (Å²) in [5.41, 5.74) is 6.49. The zero-order chi connectivity index (χ0) is 18.8. The van der Waals surface area contributed by atoms with Crippen molar-refractivity contribution in [3.05, 3.63) is 65.4 Å². The van der Waals surface area contributed by atoms with Crippen LogP contribution in [0.15, 0.2) is 42.6 Å². The van der Waals surface area contributed by atoms with Crippen LogP contribution < -0.4 is 11.1 Å². The largest absolute Gasteiger partial charge is 0.503 e. The Hall–Kier alpha value is -3.42. The first-order chi connectivity index (χ1) is 12.4. The van der Waals surface area contributed by atoms with Gasteiger partial charge in [-0.25, -0.2) is 8.78 Å². The molecule has 134 valence electrons. The molecule has 1 aromatic heterocycles. The van der Waals surface area contributed by atoms with Gasteiger partial charge in [0.15, 0.2) is 17.4 Å². The second kappa shape index (κ2) is 6.83. The van der Waals surface area contributed by atoms with Gasteiger partial charge in [0.1, 0.15) is 6.54 Å². The van der Waals surface area contributed by atoms with Crippen LogP contribution in [0.2, 0.25) is 0 Å². The van der Waals surface area contributed by atoms with Crippen LogP contribution in [0.1, 0.15) is 15.9 Å². The first kappa shape index (κ1) is 17.4. The molecular weight excluding hydrogens is 344 g/mol. The minimum absolute atomic E-state index is 0.100. The number of hydrogen-bond donors (Lipinski definition) is 3. The number of primary amides is 1. The molecule has 0 radical (unpaired) electrons. The van der Waals surface area contributed by atoms with Crippen LogP contribution in [0.5, 0.6) is 5.75 Å². The number of nitrogens with two attached hydrogens (primary N) is 1. The highest BCUT2D eigenvalue weighted by Crippen LogP contribution is 2.22. The van der Waals surface area contributed by atoms with Crippen LogP contribution in [0.4, 0.5) is 8.78 Å². The predicted octanol–water partition coefficient (Wildman–Crippen LogP) is 2.04. The minimum Gasteiger partial charge on any atom is -0.503 e. The molecule has 2 amide bonds. The van der Waals surface area contributed by atoms with Crippen LogP contribution in [-0.2, 0) is 17.9 Å². The maximum Gasteiger partial charge on any atom is 0.250 e. The van der Waals surface area contributed by atoms with E-state index in [1.54, 1.807) is 28.8 Å². The van der Waals surface area contributed by atoms with Gasteiger partial charge in [-0.05, 0) is 23.8 Å². The average molecular weight is 359 g/mol. The molecule has 6 nitrogen and oxygen atoms in total. The molecule has 3 aromatic rings. The molecule has 0 saturated heterocycles. The van der Waals surface area contributed by atoms with Gasteiger partial charge in [0.25, 0.3) is 5.91 Å². The van der Waals surface area contributed by atoms with Crippen LogP contribution in [0.3, 0.4) is 0 Å². The molecule has 0 unspecified atom stereocenters. The molecule has 1 heterocycles. The predicted molar refractivity (Wildman–Crippen MR) is 90.3 cm³/mol. The number of nitrogens with one attached hydrogen (secondary N) is 1. The number of nitrogens with zero attached hydrogens (tertiary/aromatic N) is 1.